The molecule has 1 N–H and O–H groups in total. The first-order chi connectivity index (χ1) is 10.2. The Labute approximate surface area is 129 Å². The summed E-state index contributed by atoms with van der Waals surface area (Å²) in [7, 11) is 3.74. The van der Waals surface area contributed by atoms with E-state index in [4.69, 9.17) is 9.72 Å². The molecule has 0 amide bonds. The Hall–Kier alpha value is -1.59. The third-order valence-electron chi connectivity index (χ3n) is 3.74. The van der Waals surface area contributed by atoms with E-state index in [0.29, 0.717) is 0 Å². The Morgan fingerprint density at radius 3 is 2.95 bits per heavy atom. The van der Waals surface area contributed by atoms with Gasteiger partial charge >= 0.3 is 0 Å². The quantitative estimate of drug-likeness (QED) is 0.886. The van der Waals surface area contributed by atoms with Crippen molar-refractivity contribution in [2.45, 2.75) is 32.4 Å². The molecule has 1 heterocycles. The van der Waals surface area contributed by atoms with Gasteiger partial charge in [0, 0.05) is 36.3 Å². The summed E-state index contributed by atoms with van der Waals surface area (Å²) in [5, 5.41) is 4.58. The minimum atomic E-state index is 0.728. The van der Waals surface area contributed by atoms with Crippen LogP contribution in [0.3, 0.4) is 0 Å². The Morgan fingerprint density at radius 1 is 1.43 bits per heavy atom. The molecule has 4 nitrogen and oxygen atoms in total. The Morgan fingerprint density at radius 2 is 2.24 bits per heavy atom. The van der Waals surface area contributed by atoms with Crippen LogP contribution in [-0.2, 0) is 6.54 Å². The van der Waals surface area contributed by atoms with Gasteiger partial charge in [-0.25, -0.2) is 4.98 Å². The van der Waals surface area contributed by atoms with Gasteiger partial charge in [0.25, 0.3) is 0 Å². The number of nitrogens with one attached hydrogen (secondary N) is 1. The van der Waals surface area contributed by atoms with Gasteiger partial charge in [-0.1, -0.05) is 17.4 Å². The number of anilines is 2. The van der Waals surface area contributed by atoms with Gasteiger partial charge in [0.2, 0.25) is 0 Å². The smallest absolute Gasteiger partial charge is 0.190 e. The van der Waals surface area contributed by atoms with Crippen LogP contribution in [0.25, 0.3) is 0 Å². The second kappa shape index (κ2) is 6.03. The Kier molecular flexibility index (Phi) is 4.12. The number of rotatable bonds is 6. The van der Waals surface area contributed by atoms with Crippen molar-refractivity contribution in [3.63, 3.8) is 0 Å². The van der Waals surface area contributed by atoms with Crippen molar-refractivity contribution >= 4 is 22.2 Å². The molecule has 0 atom stereocenters. The topological polar surface area (TPSA) is 37.4 Å². The fourth-order valence-electron chi connectivity index (χ4n) is 2.17. The first-order valence-corrected chi connectivity index (χ1v) is 8.06. The lowest BCUT2D eigenvalue weighted by Gasteiger charge is -2.16. The second-order valence-corrected chi connectivity index (χ2v) is 6.48. The number of benzene rings is 1. The molecule has 1 saturated carbocycles. The molecule has 1 aromatic carbocycles. The zero-order chi connectivity index (χ0) is 14.8. The third-order valence-corrected chi connectivity index (χ3v) is 4.97. The van der Waals surface area contributed by atoms with Crippen molar-refractivity contribution in [3.8, 4) is 5.75 Å². The molecule has 1 aromatic heterocycles. The van der Waals surface area contributed by atoms with E-state index in [2.05, 4.69) is 23.2 Å². The number of ether oxygens (including phenoxy) is 1. The number of thiazole rings is 1. The fourth-order valence-corrected chi connectivity index (χ4v) is 3.17. The van der Waals surface area contributed by atoms with Crippen LogP contribution in [0.15, 0.2) is 24.3 Å². The van der Waals surface area contributed by atoms with Crippen LogP contribution in [0.2, 0.25) is 0 Å². The second-order valence-electron chi connectivity index (χ2n) is 5.42. The van der Waals surface area contributed by atoms with Crippen LogP contribution in [0.4, 0.5) is 10.8 Å². The van der Waals surface area contributed by atoms with Crippen molar-refractivity contribution in [1.82, 2.24) is 10.3 Å². The zero-order valence-corrected chi connectivity index (χ0v) is 13.5. The van der Waals surface area contributed by atoms with E-state index >= 15 is 0 Å². The number of methoxy groups -OCH3 is 1. The first kappa shape index (κ1) is 14.4. The third kappa shape index (κ3) is 3.36. The number of aryl methyl sites for hydroxylation is 1. The summed E-state index contributed by atoms with van der Waals surface area (Å²) in [6, 6.07) is 8.78. The number of hydrogen-bond acceptors (Lipinski definition) is 5. The molecule has 0 aliphatic heterocycles. The van der Waals surface area contributed by atoms with Gasteiger partial charge in [-0.05, 0) is 31.9 Å². The van der Waals surface area contributed by atoms with Crippen LogP contribution >= 0.6 is 11.3 Å². The average molecular weight is 303 g/mol. The highest BCUT2D eigenvalue weighted by Crippen LogP contribution is 2.32. The lowest BCUT2D eigenvalue weighted by Crippen LogP contribution is -2.14. The van der Waals surface area contributed by atoms with Crippen LogP contribution in [0.5, 0.6) is 5.75 Å². The molecular formula is C16H21N3OS. The highest BCUT2D eigenvalue weighted by Gasteiger charge is 2.21. The van der Waals surface area contributed by atoms with Crippen LogP contribution in [-0.4, -0.2) is 25.2 Å². The summed E-state index contributed by atoms with van der Waals surface area (Å²) in [4.78, 5) is 8.14. The number of hydrogen-bond donors (Lipinski definition) is 1. The molecule has 0 saturated heterocycles. The van der Waals surface area contributed by atoms with Gasteiger partial charge in [-0.15, -0.1) is 0 Å². The van der Waals surface area contributed by atoms with Crippen molar-refractivity contribution in [3.05, 3.63) is 34.8 Å². The normalized spacial score (nSPS) is 14.2. The van der Waals surface area contributed by atoms with Crippen molar-refractivity contribution in [1.29, 1.82) is 0 Å². The summed E-state index contributed by atoms with van der Waals surface area (Å²) >= 11 is 1.76. The molecule has 0 bridgehead atoms. The predicted octanol–water partition coefficient (Wildman–Crippen LogP) is 3.48. The average Bonchev–Trinajstić information content (AvgIpc) is 3.27. The molecular weight excluding hydrogens is 282 g/mol. The van der Waals surface area contributed by atoms with Crippen molar-refractivity contribution in [2.75, 3.05) is 19.1 Å². The van der Waals surface area contributed by atoms with E-state index in [-0.39, 0.29) is 0 Å². The number of aromatic nitrogens is 1. The van der Waals surface area contributed by atoms with Gasteiger partial charge in [0.15, 0.2) is 5.13 Å². The molecule has 0 radical (unpaired) electrons. The molecule has 3 rings (SSSR count). The van der Waals surface area contributed by atoms with E-state index in [1.54, 1.807) is 18.4 Å². The molecule has 5 heteroatoms. The zero-order valence-electron chi connectivity index (χ0n) is 12.7. The first-order valence-electron chi connectivity index (χ1n) is 7.25. The Balaban J connectivity index is 1.76. The molecule has 1 fully saturated rings. The van der Waals surface area contributed by atoms with Gasteiger partial charge < -0.3 is 15.0 Å². The fraction of sp³-hybridized carbons (Fsp3) is 0.438. The van der Waals surface area contributed by atoms with E-state index in [1.165, 1.54) is 17.7 Å². The maximum absolute atomic E-state index is 5.29. The minimum Gasteiger partial charge on any atom is -0.497 e. The SMILES string of the molecule is COc1cccc(N(C)c2nc(C)c(CNC3CC3)s2)c1. The summed E-state index contributed by atoms with van der Waals surface area (Å²) < 4.78 is 5.29. The molecule has 0 unspecified atom stereocenters. The van der Waals surface area contributed by atoms with Gasteiger partial charge in [0.05, 0.1) is 12.8 Å². The molecule has 1 aliphatic rings. The molecule has 21 heavy (non-hydrogen) atoms. The summed E-state index contributed by atoms with van der Waals surface area (Å²) in [5.74, 6) is 0.864. The standard InChI is InChI=1S/C16H21N3OS/c1-11-15(10-17-12-7-8-12)21-16(18-11)19(2)13-5-4-6-14(9-13)20-3/h4-6,9,12,17H,7-8,10H2,1-3H3. The molecule has 2 aromatic rings. The maximum Gasteiger partial charge on any atom is 0.190 e. The van der Waals surface area contributed by atoms with Crippen LogP contribution in [0.1, 0.15) is 23.4 Å². The Bertz CT molecular complexity index is 622. The van der Waals surface area contributed by atoms with Crippen LogP contribution < -0.4 is 15.0 Å². The molecule has 1 aliphatic carbocycles. The minimum absolute atomic E-state index is 0.728. The summed E-state index contributed by atoms with van der Waals surface area (Å²) in [5.41, 5.74) is 2.21. The molecule has 0 spiro atoms. The largest absolute Gasteiger partial charge is 0.497 e. The monoisotopic (exact) mass is 303 g/mol. The maximum atomic E-state index is 5.29. The predicted molar refractivity (Wildman–Crippen MR) is 87.8 cm³/mol. The van der Waals surface area contributed by atoms with E-state index in [0.717, 1.165) is 34.8 Å². The van der Waals surface area contributed by atoms with Gasteiger partial charge in [0.1, 0.15) is 5.75 Å². The number of nitrogens with zero attached hydrogens (tertiary/aromatic N) is 2. The van der Waals surface area contributed by atoms with E-state index in [9.17, 15) is 0 Å². The molecule has 112 valence electrons. The van der Waals surface area contributed by atoms with Crippen molar-refractivity contribution in [2.24, 2.45) is 0 Å². The lowest BCUT2D eigenvalue weighted by molar-refractivity contribution is 0.415. The van der Waals surface area contributed by atoms with Crippen LogP contribution in [0, 0.1) is 6.92 Å². The highest BCUT2D eigenvalue weighted by molar-refractivity contribution is 7.15. The van der Waals surface area contributed by atoms with Gasteiger partial charge in [-0.3, -0.25) is 0 Å². The highest BCUT2D eigenvalue weighted by atomic mass is 32.1. The summed E-state index contributed by atoms with van der Waals surface area (Å²) in [6.45, 7) is 3.02. The lowest BCUT2D eigenvalue weighted by atomic mass is 10.3. The van der Waals surface area contributed by atoms with E-state index in [1.807, 2.05) is 25.2 Å². The van der Waals surface area contributed by atoms with Gasteiger partial charge in [-0.2, -0.15) is 0 Å². The summed E-state index contributed by atoms with van der Waals surface area (Å²) in [6.07, 6.45) is 2.63. The van der Waals surface area contributed by atoms with E-state index < -0.39 is 0 Å². The van der Waals surface area contributed by atoms with Crippen molar-refractivity contribution < 1.29 is 4.74 Å².